The van der Waals surface area contributed by atoms with Crippen molar-refractivity contribution < 1.29 is 12.8 Å². The zero-order valence-corrected chi connectivity index (χ0v) is 16.2. The molecule has 0 radical (unpaired) electrons. The molecule has 1 unspecified atom stereocenters. The minimum Gasteiger partial charge on any atom is -0.444 e. The molecule has 2 N–H and O–H groups in total. The lowest BCUT2D eigenvalue weighted by Crippen LogP contribution is -2.11. The first-order valence-electron chi connectivity index (χ1n) is 9.34. The summed E-state index contributed by atoms with van der Waals surface area (Å²) in [5.41, 5.74) is 2.72. The molecule has 0 saturated carbocycles. The summed E-state index contributed by atoms with van der Waals surface area (Å²) in [5, 5.41) is 5.21. The second-order valence-corrected chi connectivity index (χ2v) is 8.58. The van der Waals surface area contributed by atoms with Crippen LogP contribution in [0.25, 0.3) is 11.3 Å². The minimum atomic E-state index is -3.72. The maximum Gasteiger partial charge on any atom is 0.238 e. The Labute approximate surface area is 165 Å². The predicted molar refractivity (Wildman–Crippen MR) is 108 cm³/mol. The summed E-state index contributed by atoms with van der Waals surface area (Å²) in [7, 11) is -3.72. The summed E-state index contributed by atoms with van der Waals surface area (Å²) in [6.45, 7) is 0. The van der Waals surface area contributed by atoms with Crippen molar-refractivity contribution in [2.75, 3.05) is 0 Å². The molecule has 0 aliphatic heterocycles. The first-order chi connectivity index (χ1) is 13.5. The highest BCUT2D eigenvalue weighted by Gasteiger charge is 2.23. The van der Waals surface area contributed by atoms with Crippen LogP contribution >= 0.6 is 0 Å². The zero-order chi connectivity index (χ0) is 19.6. The van der Waals surface area contributed by atoms with Crippen LogP contribution < -0.4 is 5.14 Å². The molecule has 0 spiro atoms. The lowest BCUT2D eigenvalue weighted by atomic mass is 9.91. The molecule has 0 bridgehead atoms. The molecule has 0 saturated heterocycles. The van der Waals surface area contributed by atoms with Crippen molar-refractivity contribution in [1.82, 2.24) is 4.98 Å². The highest BCUT2D eigenvalue weighted by atomic mass is 32.2. The normalized spacial score (nSPS) is 17.0. The Morgan fingerprint density at radius 3 is 2.46 bits per heavy atom. The molecule has 28 heavy (non-hydrogen) atoms. The number of hydrogen-bond donors (Lipinski definition) is 1. The first-order valence-corrected chi connectivity index (χ1v) is 10.9. The van der Waals surface area contributed by atoms with E-state index in [2.05, 4.69) is 12.2 Å². The van der Waals surface area contributed by atoms with E-state index in [4.69, 9.17) is 14.5 Å². The van der Waals surface area contributed by atoms with Gasteiger partial charge in [0.05, 0.1) is 4.90 Å². The number of sulfonamides is 1. The van der Waals surface area contributed by atoms with Crippen LogP contribution in [0.15, 0.2) is 76.1 Å². The molecular formula is C22H22N2O3S. The van der Waals surface area contributed by atoms with Crippen molar-refractivity contribution in [3.8, 4) is 11.3 Å². The van der Waals surface area contributed by atoms with E-state index in [0.29, 0.717) is 12.3 Å². The van der Waals surface area contributed by atoms with Crippen molar-refractivity contribution in [1.29, 1.82) is 0 Å². The van der Waals surface area contributed by atoms with Crippen LogP contribution in [0.1, 0.15) is 42.4 Å². The predicted octanol–water partition coefficient (Wildman–Crippen LogP) is 4.40. The number of aromatic nitrogens is 1. The summed E-state index contributed by atoms with van der Waals surface area (Å²) < 4.78 is 29.3. The molecule has 2 aromatic carbocycles. The lowest BCUT2D eigenvalue weighted by Gasteiger charge is -2.15. The standard InChI is InChI=1S/C22H22N2O3S/c23-28(25,26)19-13-11-17(12-14-19)21-22(18-9-5-2-6-10-18)27-20(24-21)15-16-7-3-1-4-8-16/h1,3-5,7-9,11-14,18H,2,6,10,15H2,(H2,23,25,26). The van der Waals surface area contributed by atoms with Gasteiger partial charge in [-0.2, -0.15) is 0 Å². The van der Waals surface area contributed by atoms with Gasteiger partial charge in [0.25, 0.3) is 0 Å². The fraction of sp³-hybridized carbons (Fsp3) is 0.227. The Kier molecular flexibility index (Phi) is 5.15. The highest BCUT2D eigenvalue weighted by Crippen LogP contribution is 2.36. The van der Waals surface area contributed by atoms with E-state index in [-0.39, 0.29) is 10.8 Å². The first kappa shape index (κ1) is 18.7. The van der Waals surface area contributed by atoms with Gasteiger partial charge >= 0.3 is 0 Å². The maximum absolute atomic E-state index is 11.5. The Morgan fingerprint density at radius 1 is 1.07 bits per heavy atom. The molecule has 0 fully saturated rings. The van der Waals surface area contributed by atoms with Gasteiger partial charge in [-0.1, -0.05) is 54.6 Å². The fourth-order valence-corrected chi connectivity index (χ4v) is 4.03. The number of oxazole rings is 1. The second kappa shape index (κ2) is 7.73. The average molecular weight is 394 g/mol. The molecular weight excluding hydrogens is 372 g/mol. The van der Waals surface area contributed by atoms with Gasteiger partial charge in [-0.25, -0.2) is 18.5 Å². The summed E-state index contributed by atoms with van der Waals surface area (Å²) in [6.07, 6.45) is 8.18. The average Bonchev–Trinajstić information content (AvgIpc) is 3.13. The molecule has 3 aromatic rings. The smallest absolute Gasteiger partial charge is 0.238 e. The molecule has 144 valence electrons. The van der Waals surface area contributed by atoms with Crippen LogP contribution in [0.4, 0.5) is 0 Å². The van der Waals surface area contributed by atoms with E-state index in [1.165, 1.54) is 12.1 Å². The van der Waals surface area contributed by atoms with E-state index in [1.54, 1.807) is 12.1 Å². The fourth-order valence-electron chi connectivity index (χ4n) is 3.52. The molecule has 1 heterocycles. The molecule has 1 aliphatic carbocycles. The third-order valence-electron chi connectivity index (χ3n) is 4.94. The quantitative estimate of drug-likeness (QED) is 0.650. The van der Waals surface area contributed by atoms with Crippen molar-refractivity contribution >= 4 is 10.0 Å². The van der Waals surface area contributed by atoms with Gasteiger partial charge in [0, 0.05) is 17.9 Å². The van der Waals surface area contributed by atoms with Crippen LogP contribution in [-0.2, 0) is 16.4 Å². The number of allylic oxidation sites excluding steroid dienone is 2. The van der Waals surface area contributed by atoms with Gasteiger partial charge < -0.3 is 4.42 Å². The van der Waals surface area contributed by atoms with E-state index in [0.717, 1.165) is 41.8 Å². The van der Waals surface area contributed by atoms with E-state index in [1.807, 2.05) is 30.3 Å². The molecule has 0 amide bonds. The maximum atomic E-state index is 11.5. The monoisotopic (exact) mass is 394 g/mol. The Bertz CT molecular complexity index is 1080. The summed E-state index contributed by atoms with van der Waals surface area (Å²) in [6, 6.07) is 16.6. The van der Waals surface area contributed by atoms with Crippen LogP contribution in [0.3, 0.4) is 0 Å². The summed E-state index contributed by atoms with van der Waals surface area (Å²) in [4.78, 5) is 4.85. The Hall–Kier alpha value is -2.70. The SMILES string of the molecule is NS(=O)(=O)c1ccc(-c2nc(Cc3ccccc3)oc2C2C=CCCC2)cc1. The van der Waals surface area contributed by atoms with Gasteiger partial charge in [-0.15, -0.1) is 0 Å². The number of rotatable bonds is 5. The van der Waals surface area contributed by atoms with Gasteiger partial charge in [-0.05, 0) is 37.0 Å². The molecule has 4 rings (SSSR count). The van der Waals surface area contributed by atoms with Crippen molar-refractivity contribution in [2.45, 2.75) is 36.5 Å². The van der Waals surface area contributed by atoms with E-state index in [9.17, 15) is 8.42 Å². The van der Waals surface area contributed by atoms with Gasteiger partial charge in [-0.3, -0.25) is 0 Å². The van der Waals surface area contributed by atoms with Crippen LogP contribution in [0.5, 0.6) is 0 Å². The van der Waals surface area contributed by atoms with Crippen LogP contribution in [0, 0.1) is 0 Å². The Balaban J connectivity index is 1.73. The third kappa shape index (κ3) is 4.08. The number of benzene rings is 2. The zero-order valence-electron chi connectivity index (χ0n) is 15.4. The van der Waals surface area contributed by atoms with Crippen LogP contribution in [0.2, 0.25) is 0 Å². The Morgan fingerprint density at radius 2 is 1.82 bits per heavy atom. The van der Waals surface area contributed by atoms with Crippen molar-refractivity contribution in [2.24, 2.45) is 5.14 Å². The number of primary sulfonamides is 1. The molecule has 1 aliphatic rings. The largest absolute Gasteiger partial charge is 0.444 e. The number of nitrogens with zero attached hydrogens (tertiary/aromatic N) is 1. The highest BCUT2D eigenvalue weighted by molar-refractivity contribution is 7.89. The molecule has 6 heteroatoms. The van der Waals surface area contributed by atoms with Gasteiger partial charge in [0.2, 0.25) is 10.0 Å². The molecule has 5 nitrogen and oxygen atoms in total. The third-order valence-corrected chi connectivity index (χ3v) is 5.87. The van der Waals surface area contributed by atoms with Crippen molar-refractivity contribution in [3.05, 3.63) is 84.0 Å². The summed E-state index contributed by atoms with van der Waals surface area (Å²) >= 11 is 0. The summed E-state index contributed by atoms with van der Waals surface area (Å²) in [5.74, 6) is 1.68. The second-order valence-electron chi connectivity index (χ2n) is 7.02. The topological polar surface area (TPSA) is 86.2 Å². The number of hydrogen-bond acceptors (Lipinski definition) is 4. The van der Waals surface area contributed by atoms with Gasteiger partial charge in [0.1, 0.15) is 11.5 Å². The van der Waals surface area contributed by atoms with Gasteiger partial charge in [0.15, 0.2) is 5.89 Å². The minimum absolute atomic E-state index is 0.0865. The number of nitrogens with two attached hydrogens (primary N) is 1. The molecule has 1 atom stereocenters. The lowest BCUT2D eigenvalue weighted by molar-refractivity contribution is 0.435. The van der Waals surface area contributed by atoms with Crippen molar-refractivity contribution in [3.63, 3.8) is 0 Å². The van der Waals surface area contributed by atoms with E-state index >= 15 is 0 Å². The molecule has 1 aromatic heterocycles. The van der Waals surface area contributed by atoms with Crippen LogP contribution in [-0.4, -0.2) is 13.4 Å². The van der Waals surface area contributed by atoms with E-state index < -0.39 is 10.0 Å².